The summed E-state index contributed by atoms with van der Waals surface area (Å²) in [6.07, 6.45) is 1.70. The van der Waals surface area contributed by atoms with Gasteiger partial charge >= 0.3 is 5.97 Å². The quantitative estimate of drug-likeness (QED) is 0.631. The predicted octanol–water partition coefficient (Wildman–Crippen LogP) is 4.19. The van der Waals surface area contributed by atoms with Crippen molar-refractivity contribution in [2.45, 2.75) is 45.3 Å². The number of fused-ring (bicyclic) bond motifs is 3. The van der Waals surface area contributed by atoms with Crippen LogP contribution in [0, 0.1) is 11.7 Å². The third-order valence-corrected chi connectivity index (χ3v) is 5.61. The highest BCUT2D eigenvalue weighted by molar-refractivity contribution is 5.89. The van der Waals surface area contributed by atoms with E-state index in [2.05, 4.69) is 0 Å². The van der Waals surface area contributed by atoms with Crippen LogP contribution in [-0.4, -0.2) is 36.0 Å². The summed E-state index contributed by atoms with van der Waals surface area (Å²) < 4.78 is 33.2. The first kappa shape index (κ1) is 21.4. The van der Waals surface area contributed by atoms with Crippen LogP contribution in [0.2, 0.25) is 0 Å². The van der Waals surface area contributed by atoms with Crippen molar-refractivity contribution in [3.05, 3.63) is 45.5 Å². The van der Waals surface area contributed by atoms with Gasteiger partial charge in [0, 0.05) is 43.4 Å². The molecule has 1 aliphatic heterocycles. The number of carbonyl (C=O) groups is 1. The van der Waals surface area contributed by atoms with Crippen molar-refractivity contribution in [2.24, 2.45) is 5.92 Å². The molecule has 1 aliphatic carbocycles. The number of aromatic nitrogens is 1. The summed E-state index contributed by atoms with van der Waals surface area (Å²) in [6.45, 7) is 4.71. The van der Waals surface area contributed by atoms with E-state index in [0.717, 1.165) is 12.8 Å². The summed E-state index contributed by atoms with van der Waals surface area (Å²) in [5, 5.41) is 9.58. The van der Waals surface area contributed by atoms with E-state index >= 15 is 0 Å². The number of hydrogen-bond acceptors (Lipinski definition) is 5. The Kier molecular flexibility index (Phi) is 5.75. The number of carboxylic acids is 1. The Labute approximate surface area is 179 Å². The molecule has 7 nitrogen and oxygen atoms in total. The Morgan fingerprint density at radius 2 is 2.03 bits per heavy atom. The minimum absolute atomic E-state index is 0.00479. The minimum atomic E-state index is -1.28. The van der Waals surface area contributed by atoms with Crippen LogP contribution in [0.5, 0.6) is 11.5 Å². The Hall–Kier alpha value is -2.87. The number of benzene rings is 1. The fraction of sp³-hybridized carbons (Fsp3) is 0.478. The third kappa shape index (κ3) is 3.92. The molecule has 2 heterocycles. The molecule has 1 aromatic carbocycles. The molecule has 0 unspecified atom stereocenters. The molecule has 0 bridgehead atoms. The fourth-order valence-electron chi connectivity index (χ4n) is 4.00. The lowest BCUT2D eigenvalue weighted by molar-refractivity contribution is 0.0693. The van der Waals surface area contributed by atoms with Crippen molar-refractivity contribution < 1.29 is 28.5 Å². The average molecular weight is 431 g/mol. The standard InChI is InChI=1S/C23H26FNO6/c1-12(2)21-15-9-16(23(27)28)22(26)25(13-5-6-13)20(15)14-10-17(24)19(11-18(14)31-21)30-8-4-7-29-3/h9-13,21H,4-8H2,1-3H3,(H,27,28)/t21-/m1/s1. The van der Waals surface area contributed by atoms with E-state index in [1.54, 1.807) is 7.11 Å². The molecule has 0 spiro atoms. The molecule has 2 aliphatic rings. The number of halogens is 1. The van der Waals surface area contributed by atoms with Gasteiger partial charge < -0.3 is 23.9 Å². The predicted molar refractivity (Wildman–Crippen MR) is 112 cm³/mol. The molecule has 1 saturated carbocycles. The first-order chi connectivity index (χ1) is 14.8. The van der Waals surface area contributed by atoms with Gasteiger partial charge in [0.2, 0.25) is 0 Å². The maximum atomic E-state index is 14.9. The van der Waals surface area contributed by atoms with Crippen molar-refractivity contribution in [3.8, 4) is 22.8 Å². The smallest absolute Gasteiger partial charge is 0.341 e. The molecule has 0 radical (unpaired) electrons. The molecule has 0 saturated heterocycles. The molecule has 2 aromatic rings. The molecular formula is C23H26FNO6. The molecular weight excluding hydrogens is 405 g/mol. The number of ether oxygens (including phenoxy) is 3. The topological polar surface area (TPSA) is 87.0 Å². The van der Waals surface area contributed by atoms with E-state index in [1.807, 2.05) is 13.8 Å². The SMILES string of the molecule is COCCCOc1cc2c(cc1F)-c1c(cc(C(=O)O)c(=O)n1C1CC1)[C@@H](C(C)C)O2. The maximum absolute atomic E-state index is 14.9. The molecule has 31 heavy (non-hydrogen) atoms. The first-order valence-electron chi connectivity index (χ1n) is 10.5. The van der Waals surface area contributed by atoms with Gasteiger partial charge in [-0.3, -0.25) is 4.79 Å². The molecule has 1 atom stereocenters. The molecule has 0 amide bonds. The zero-order valence-corrected chi connectivity index (χ0v) is 17.8. The second-order valence-electron chi connectivity index (χ2n) is 8.33. The Morgan fingerprint density at radius 3 is 2.65 bits per heavy atom. The lowest BCUT2D eigenvalue weighted by Gasteiger charge is -2.33. The number of aromatic carboxylic acids is 1. The van der Waals surface area contributed by atoms with Gasteiger partial charge in [-0.1, -0.05) is 13.8 Å². The fourth-order valence-corrected chi connectivity index (χ4v) is 4.00. The number of methoxy groups -OCH3 is 1. The van der Waals surface area contributed by atoms with Gasteiger partial charge in [0.05, 0.1) is 12.3 Å². The Morgan fingerprint density at radius 1 is 1.29 bits per heavy atom. The van der Waals surface area contributed by atoms with Gasteiger partial charge in [0.25, 0.3) is 5.56 Å². The van der Waals surface area contributed by atoms with Gasteiger partial charge in [0.1, 0.15) is 17.4 Å². The van der Waals surface area contributed by atoms with E-state index in [1.165, 1.54) is 22.8 Å². The van der Waals surface area contributed by atoms with Crippen LogP contribution >= 0.6 is 0 Å². The molecule has 166 valence electrons. The van der Waals surface area contributed by atoms with Gasteiger partial charge in [-0.2, -0.15) is 0 Å². The van der Waals surface area contributed by atoms with Gasteiger partial charge in [0.15, 0.2) is 11.6 Å². The summed E-state index contributed by atoms with van der Waals surface area (Å²) in [7, 11) is 1.59. The van der Waals surface area contributed by atoms with Crippen LogP contribution in [0.4, 0.5) is 4.39 Å². The molecule has 1 fully saturated rings. The first-order valence-corrected chi connectivity index (χ1v) is 10.5. The Balaban J connectivity index is 1.88. The van der Waals surface area contributed by atoms with Crippen molar-refractivity contribution in [2.75, 3.05) is 20.3 Å². The van der Waals surface area contributed by atoms with E-state index in [4.69, 9.17) is 14.2 Å². The van der Waals surface area contributed by atoms with E-state index in [-0.39, 0.29) is 23.3 Å². The van der Waals surface area contributed by atoms with Crippen molar-refractivity contribution in [1.29, 1.82) is 0 Å². The second-order valence-corrected chi connectivity index (χ2v) is 8.33. The molecule has 8 heteroatoms. The van der Waals surface area contributed by atoms with Gasteiger partial charge in [-0.25, -0.2) is 9.18 Å². The maximum Gasteiger partial charge on any atom is 0.341 e. The normalized spacial score (nSPS) is 17.1. The second kappa shape index (κ2) is 8.34. The molecule has 1 aromatic heterocycles. The number of hydrogen-bond donors (Lipinski definition) is 1. The highest BCUT2D eigenvalue weighted by atomic mass is 19.1. The average Bonchev–Trinajstić information content (AvgIpc) is 3.55. The minimum Gasteiger partial charge on any atom is -0.490 e. The number of nitrogens with zero attached hydrogens (tertiary/aromatic N) is 1. The molecule has 4 rings (SSSR count). The van der Waals surface area contributed by atoms with E-state index in [0.29, 0.717) is 42.2 Å². The zero-order chi connectivity index (χ0) is 22.3. The number of rotatable bonds is 8. The van der Waals surface area contributed by atoms with Gasteiger partial charge in [-0.05, 0) is 30.9 Å². The lowest BCUT2D eigenvalue weighted by atomic mass is 9.90. The van der Waals surface area contributed by atoms with Crippen molar-refractivity contribution >= 4 is 5.97 Å². The summed E-state index contributed by atoms with van der Waals surface area (Å²) in [5.41, 5.74) is 0.725. The van der Waals surface area contributed by atoms with Crippen molar-refractivity contribution in [1.82, 2.24) is 4.57 Å². The summed E-state index contributed by atoms with van der Waals surface area (Å²) >= 11 is 0. The summed E-state index contributed by atoms with van der Waals surface area (Å²) in [5.74, 6) is -1.35. The van der Waals surface area contributed by atoms with Crippen LogP contribution < -0.4 is 15.0 Å². The highest BCUT2D eigenvalue weighted by Crippen LogP contribution is 2.49. The monoisotopic (exact) mass is 431 g/mol. The third-order valence-electron chi connectivity index (χ3n) is 5.61. The van der Waals surface area contributed by atoms with Crippen LogP contribution in [0.1, 0.15) is 61.2 Å². The van der Waals surface area contributed by atoms with Crippen LogP contribution in [0.3, 0.4) is 0 Å². The van der Waals surface area contributed by atoms with Crippen molar-refractivity contribution in [3.63, 3.8) is 0 Å². The molecule has 1 N–H and O–H groups in total. The van der Waals surface area contributed by atoms with E-state index in [9.17, 15) is 19.1 Å². The Bertz CT molecular complexity index is 1070. The number of carboxylic acid groups (broad SMARTS) is 1. The van der Waals surface area contributed by atoms with Crippen LogP contribution in [0.25, 0.3) is 11.3 Å². The lowest BCUT2D eigenvalue weighted by Crippen LogP contribution is -2.32. The number of pyridine rings is 1. The van der Waals surface area contributed by atoms with Gasteiger partial charge in [-0.15, -0.1) is 0 Å². The highest BCUT2D eigenvalue weighted by Gasteiger charge is 2.38. The van der Waals surface area contributed by atoms with Crippen LogP contribution in [0.15, 0.2) is 23.0 Å². The van der Waals surface area contributed by atoms with Crippen LogP contribution in [-0.2, 0) is 4.74 Å². The van der Waals surface area contributed by atoms with E-state index < -0.39 is 23.4 Å². The summed E-state index contributed by atoms with van der Waals surface area (Å²) in [4.78, 5) is 24.7. The zero-order valence-electron chi connectivity index (χ0n) is 17.8. The summed E-state index contributed by atoms with van der Waals surface area (Å²) in [6, 6.07) is 4.13. The largest absolute Gasteiger partial charge is 0.490 e.